The Kier molecular flexibility index (Phi) is 2.79. The van der Waals surface area contributed by atoms with Crippen LogP contribution in [-0.4, -0.2) is 18.3 Å². The summed E-state index contributed by atoms with van der Waals surface area (Å²) in [5.74, 6) is 0. The van der Waals surface area contributed by atoms with Gasteiger partial charge in [-0.1, -0.05) is 20.3 Å². The molecule has 0 aromatic carbocycles. The van der Waals surface area contributed by atoms with Crippen LogP contribution in [-0.2, 0) is 0 Å². The van der Waals surface area contributed by atoms with Crippen molar-refractivity contribution in [3.63, 3.8) is 0 Å². The minimum Gasteiger partial charge on any atom is -0.396 e. The fourth-order valence-corrected chi connectivity index (χ4v) is 2.69. The third kappa shape index (κ3) is 1.17. The lowest BCUT2D eigenvalue weighted by Gasteiger charge is -2.21. The first-order valence-electron chi connectivity index (χ1n) is 5.01. The Labute approximate surface area is 75.2 Å². The van der Waals surface area contributed by atoms with Gasteiger partial charge in [0.15, 0.2) is 0 Å². The average Bonchev–Trinajstić information content (AvgIpc) is 2.76. The lowest BCUT2D eigenvalue weighted by molar-refractivity contribution is 0.167. The van der Waals surface area contributed by atoms with Crippen molar-refractivity contribution in [2.45, 2.75) is 39.5 Å². The highest BCUT2D eigenvalue weighted by Gasteiger charge is 2.63. The van der Waals surface area contributed by atoms with Crippen molar-refractivity contribution < 1.29 is 5.11 Å². The summed E-state index contributed by atoms with van der Waals surface area (Å²) in [7, 11) is 0. The molecule has 0 aromatic rings. The van der Waals surface area contributed by atoms with Crippen LogP contribution in [0, 0.1) is 10.8 Å². The lowest BCUT2D eigenvalue weighted by atomic mass is 9.87. The van der Waals surface area contributed by atoms with E-state index >= 15 is 0 Å². The number of hydrogen-bond donors (Lipinski definition) is 2. The molecule has 2 nitrogen and oxygen atoms in total. The number of rotatable bonds is 5. The van der Waals surface area contributed by atoms with E-state index in [1.165, 1.54) is 19.3 Å². The van der Waals surface area contributed by atoms with Crippen LogP contribution in [0.2, 0.25) is 0 Å². The van der Waals surface area contributed by atoms with Gasteiger partial charge in [-0.2, -0.15) is 0 Å². The highest BCUT2D eigenvalue weighted by Crippen LogP contribution is 2.67. The van der Waals surface area contributed by atoms with Gasteiger partial charge in [0.05, 0.1) is 6.61 Å². The maximum atomic E-state index is 9.27. The fourth-order valence-electron chi connectivity index (χ4n) is 2.69. The Balaban J connectivity index is 2.62. The van der Waals surface area contributed by atoms with Gasteiger partial charge in [0.2, 0.25) is 0 Å². The van der Waals surface area contributed by atoms with E-state index in [9.17, 15) is 5.11 Å². The lowest BCUT2D eigenvalue weighted by Crippen LogP contribution is -2.26. The maximum Gasteiger partial charge on any atom is 0.0505 e. The third-order valence-corrected chi connectivity index (χ3v) is 3.78. The molecule has 0 aromatic heterocycles. The van der Waals surface area contributed by atoms with Crippen LogP contribution in [0.4, 0.5) is 0 Å². The molecule has 1 aliphatic carbocycles. The third-order valence-electron chi connectivity index (χ3n) is 3.78. The van der Waals surface area contributed by atoms with Crippen LogP contribution < -0.4 is 5.73 Å². The molecule has 0 amide bonds. The number of aliphatic hydroxyl groups is 1. The van der Waals surface area contributed by atoms with Gasteiger partial charge < -0.3 is 10.8 Å². The zero-order valence-electron chi connectivity index (χ0n) is 8.27. The van der Waals surface area contributed by atoms with Crippen molar-refractivity contribution in [1.29, 1.82) is 0 Å². The molecule has 2 atom stereocenters. The first-order chi connectivity index (χ1) is 5.70. The smallest absolute Gasteiger partial charge is 0.0505 e. The van der Waals surface area contributed by atoms with Crippen LogP contribution in [0.5, 0.6) is 0 Å². The molecule has 2 heteroatoms. The molecule has 0 radical (unpaired) electrons. The summed E-state index contributed by atoms with van der Waals surface area (Å²) in [6.07, 6.45) is 4.73. The van der Waals surface area contributed by atoms with Gasteiger partial charge in [-0.3, -0.25) is 0 Å². The number of aliphatic hydroxyl groups excluding tert-OH is 1. The van der Waals surface area contributed by atoms with E-state index in [-0.39, 0.29) is 12.0 Å². The quantitative estimate of drug-likeness (QED) is 0.659. The highest BCUT2D eigenvalue weighted by molar-refractivity contribution is 5.13. The average molecular weight is 171 g/mol. The van der Waals surface area contributed by atoms with E-state index in [1.807, 2.05) is 0 Å². The summed E-state index contributed by atoms with van der Waals surface area (Å²) in [6, 6.07) is 0. The van der Waals surface area contributed by atoms with E-state index in [2.05, 4.69) is 13.8 Å². The zero-order valence-corrected chi connectivity index (χ0v) is 8.27. The zero-order chi connectivity index (χ0) is 9.24. The molecule has 3 N–H and O–H groups in total. The van der Waals surface area contributed by atoms with Crippen molar-refractivity contribution in [2.24, 2.45) is 16.6 Å². The van der Waals surface area contributed by atoms with Gasteiger partial charge >= 0.3 is 0 Å². The second-order valence-corrected chi connectivity index (χ2v) is 4.20. The Morgan fingerprint density at radius 2 is 2.00 bits per heavy atom. The molecule has 0 spiro atoms. The molecular formula is C10H21NO. The number of nitrogens with two attached hydrogens (primary N) is 1. The standard InChI is InChI=1S/C10H21NO/c1-3-5-9(4-2)6-10(9,7-11)8-12/h12H,3-8,11H2,1-2H3. The SMILES string of the molecule is CCCC1(CC)CC1(CN)CO. The van der Waals surface area contributed by atoms with E-state index in [1.54, 1.807) is 0 Å². The molecule has 0 saturated heterocycles. The van der Waals surface area contributed by atoms with Gasteiger partial charge in [-0.25, -0.2) is 0 Å². The van der Waals surface area contributed by atoms with Crippen LogP contribution in [0.3, 0.4) is 0 Å². The molecule has 1 aliphatic rings. The number of hydrogen-bond acceptors (Lipinski definition) is 2. The largest absolute Gasteiger partial charge is 0.396 e. The Morgan fingerprint density at radius 3 is 2.25 bits per heavy atom. The Morgan fingerprint density at radius 1 is 1.33 bits per heavy atom. The van der Waals surface area contributed by atoms with Gasteiger partial charge in [-0.15, -0.1) is 0 Å². The minimum atomic E-state index is 0.0811. The molecule has 0 aliphatic heterocycles. The van der Waals surface area contributed by atoms with E-state index in [4.69, 9.17) is 5.73 Å². The first kappa shape index (κ1) is 10.0. The van der Waals surface area contributed by atoms with Crippen molar-refractivity contribution in [1.82, 2.24) is 0 Å². The van der Waals surface area contributed by atoms with E-state index in [0.717, 1.165) is 6.42 Å². The van der Waals surface area contributed by atoms with Gasteiger partial charge in [0, 0.05) is 12.0 Å². The predicted molar refractivity (Wildman–Crippen MR) is 50.8 cm³/mol. The molecular weight excluding hydrogens is 150 g/mol. The minimum absolute atomic E-state index is 0.0811. The molecule has 1 saturated carbocycles. The summed E-state index contributed by atoms with van der Waals surface area (Å²) in [5.41, 5.74) is 6.16. The predicted octanol–water partition coefficient (Wildman–Crippen LogP) is 1.52. The monoisotopic (exact) mass is 171 g/mol. The Hall–Kier alpha value is -0.0800. The molecule has 1 fully saturated rings. The second kappa shape index (κ2) is 3.35. The van der Waals surface area contributed by atoms with Crippen molar-refractivity contribution in [2.75, 3.05) is 13.2 Å². The van der Waals surface area contributed by atoms with E-state index in [0.29, 0.717) is 12.0 Å². The molecule has 1 rings (SSSR count). The van der Waals surface area contributed by atoms with Crippen LogP contribution >= 0.6 is 0 Å². The van der Waals surface area contributed by atoms with Gasteiger partial charge in [0.25, 0.3) is 0 Å². The van der Waals surface area contributed by atoms with E-state index < -0.39 is 0 Å². The molecule has 0 heterocycles. The Bertz CT molecular complexity index is 154. The molecule has 72 valence electrons. The van der Waals surface area contributed by atoms with Crippen LogP contribution in [0.15, 0.2) is 0 Å². The summed E-state index contributed by atoms with van der Waals surface area (Å²) in [4.78, 5) is 0. The van der Waals surface area contributed by atoms with Crippen LogP contribution in [0.25, 0.3) is 0 Å². The second-order valence-electron chi connectivity index (χ2n) is 4.20. The normalized spacial score (nSPS) is 40.0. The topological polar surface area (TPSA) is 46.2 Å². The van der Waals surface area contributed by atoms with Crippen LogP contribution in [0.1, 0.15) is 39.5 Å². The van der Waals surface area contributed by atoms with Crippen molar-refractivity contribution >= 4 is 0 Å². The molecule has 12 heavy (non-hydrogen) atoms. The van der Waals surface area contributed by atoms with Crippen molar-refractivity contribution in [3.05, 3.63) is 0 Å². The molecule has 2 unspecified atom stereocenters. The van der Waals surface area contributed by atoms with Gasteiger partial charge in [-0.05, 0) is 24.7 Å². The summed E-state index contributed by atoms with van der Waals surface area (Å²) in [6.45, 7) is 5.34. The van der Waals surface area contributed by atoms with Crippen molar-refractivity contribution in [3.8, 4) is 0 Å². The van der Waals surface area contributed by atoms with Gasteiger partial charge in [0.1, 0.15) is 0 Å². The first-order valence-corrected chi connectivity index (χ1v) is 5.01. The summed E-state index contributed by atoms with van der Waals surface area (Å²) in [5, 5.41) is 9.27. The summed E-state index contributed by atoms with van der Waals surface area (Å²) < 4.78 is 0. The molecule has 0 bridgehead atoms. The highest BCUT2D eigenvalue weighted by atomic mass is 16.3. The maximum absolute atomic E-state index is 9.27. The fraction of sp³-hybridized carbons (Fsp3) is 1.00. The summed E-state index contributed by atoms with van der Waals surface area (Å²) >= 11 is 0.